The first-order valence-electron chi connectivity index (χ1n) is 13.7. The minimum absolute atomic E-state index is 0.0356. The highest BCUT2D eigenvalue weighted by atomic mass is 16.5. The number of imide groups is 1. The van der Waals surface area contributed by atoms with Crippen LogP contribution in [-0.2, 0) is 9.59 Å². The molecule has 2 aliphatic rings. The van der Waals surface area contributed by atoms with Crippen LogP contribution in [0.3, 0.4) is 0 Å². The number of anilines is 1. The maximum absolute atomic E-state index is 13.1. The summed E-state index contributed by atoms with van der Waals surface area (Å²) in [6.07, 6.45) is 2.71. The Bertz CT molecular complexity index is 1410. The second-order valence-electron chi connectivity index (χ2n) is 10.3. The van der Waals surface area contributed by atoms with Crippen molar-refractivity contribution in [2.45, 2.75) is 12.8 Å². The maximum atomic E-state index is 13.1. The number of carbonyl (C=O) groups is 3. The summed E-state index contributed by atoms with van der Waals surface area (Å²) in [6, 6.07) is 20.8. The van der Waals surface area contributed by atoms with Gasteiger partial charge in [0.15, 0.2) is 0 Å². The fraction of sp³-hybridized carbons (Fsp3) is 0.281. The van der Waals surface area contributed by atoms with Crippen LogP contribution in [0.2, 0.25) is 0 Å². The number of benzene rings is 3. The fourth-order valence-electron chi connectivity index (χ4n) is 4.85. The van der Waals surface area contributed by atoms with Gasteiger partial charge in [0.2, 0.25) is 11.8 Å². The molecule has 2 aliphatic heterocycles. The summed E-state index contributed by atoms with van der Waals surface area (Å²) < 4.78 is 11.7. The van der Waals surface area contributed by atoms with Gasteiger partial charge in [0.25, 0.3) is 5.91 Å². The molecule has 0 saturated carbocycles. The van der Waals surface area contributed by atoms with Gasteiger partial charge < -0.3 is 25.0 Å². The molecule has 0 aliphatic carbocycles. The number of hydrogen-bond donors (Lipinski definition) is 1. The van der Waals surface area contributed by atoms with E-state index in [-0.39, 0.29) is 18.2 Å². The van der Waals surface area contributed by atoms with E-state index in [1.807, 2.05) is 12.1 Å². The Balaban J connectivity index is 1.14. The lowest BCUT2D eigenvalue weighted by atomic mass is 10.1. The number of likely N-dealkylation sites (N-methyl/N-ethyl adjacent to an activating group) is 1. The molecule has 5 rings (SSSR count). The van der Waals surface area contributed by atoms with E-state index in [4.69, 9.17) is 15.2 Å². The van der Waals surface area contributed by atoms with Gasteiger partial charge in [-0.15, -0.1) is 0 Å². The second-order valence-corrected chi connectivity index (χ2v) is 10.3. The van der Waals surface area contributed by atoms with E-state index in [0.717, 1.165) is 44.7 Å². The molecule has 9 nitrogen and oxygen atoms in total. The number of rotatable bonds is 10. The first-order valence-corrected chi connectivity index (χ1v) is 13.7. The predicted molar refractivity (Wildman–Crippen MR) is 157 cm³/mol. The molecule has 2 N–H and O–H groups in total. The normalized spacial score (nSPS) is 17.3. The predicted octanol–water partition coefficient (Wildman–Crippen LogP) is 3.94. The van der Waals surface area contributed by atoms with E-state index in [2.05, 4.69) is 16.8 Å². The molecule has 2 heterocycles. The number of carbonyl (C=O) groups excluding carboxylic acids is 3. The van der Waals surface area contributed by atoms with Gasteiger partial charge >= 0.3 is 0 Å². The number of amides is 3. The average Bonchev–Trinajstić information content (AvgIpc) is 3.25. The van der Waals surface area contributed by atoms with E-state index in [1.54, 1.807) is 66.7 Å². The molecule has 0 unspecified atom stereocenters. The van der Waals surface area contributed by atoms with Gasteiger partial charge in [0.05, 0.1) is 18.7 Å². The van der Waals surface area contributed by atoms with Gasteiger partial charge in [-0.3, -0.25) is 14.4 Å². The van der Waals surface area contributed by atoms with Crippen molar-refractivity contribution in [1.82, 2.24) is 9.80 Å². The Kier molecular flexibility index (Phi) is 8.76. The topological polar surface area (TPSA) is 105 Å². The number of primary amides is 1. The van der Waals surface area contributed by atoms with Crippen LogP contribution in [0.4, 0.5) is 5.69 Å². The lowest BCUT2D eigenvalue weighted by Crippen LogP contribution is -2.44. The third kappa shape index (κ3) is 7.19. The van der Waals surface area contributed by atoms with Crippen LogP contribution in [0.5, 0.6) is 17.2 Å². The quantitative estimate of drug-likeness (QED) is 0.230. The zero-order valence-corrected chi connectivity index (χ0v) is 23.1. The third-order valence-corrected chi connectivity index (χ3v) is 7.24. The lowest BCUT2D eigenvalue weighted by molar-refractivity contribution is -0.120. The van der Waals surface area contributed by atoms with E-state index < -0.39 is 5.91 Å². The van der Waals surface area contributed by atoms with Crippen LogP contribution < -0.4 is 20.1 Å². The van der Waals surface area contributed by atoms with Gasteiger partial charge in [-0.05, 0) is 85.8 Å². The number of piperazine rings is 1. The van der Waals surface area contributed by atoms with Crippen molar-refractivity contribution < 1.29 is 23.9 Å². The summed E-state index contributed by atoms with van der Waals surface area (Å²) in [5.74, 6) is 0.785. The highest BCUT2D eigenvalue weighted by Crippen LogP contribution is 2.30. The molecule has 3 amide bonds. The average molecular weight is 555 g/mol. The minimum Gasteiger partial charge on any atom is -0.494 e. The van der Waals surface area contributed by atoms with E-state index in [1.165, 1.54) is 4.90 Å². The van der Waals surface area contributed by atoms with Crippen molar-refractivity contribution >= 4 is 29.5 Å². The molecular weight excluding hydrogens is 520 g/mol. The Hall–Kier alpha value is -4.47. The maximum Gasteiger partial charge on any atom is 0.261 e. The van der Waals surface area contributed by atoms with Crippen molar-refractivity contribution in [3.8, 4) is 17.2 Å². The molecule has 0 aromatic heterocycles. The summed E-state index contributed by atoms with van der Waals surface area (Å²) in [4.78, 5) is 43.1. The fourth-order valence-corrected chi connectivity index (χ4v) is 4.85. The van der Waals surface area contributed by atoms with Crippen LogP contribution in [-0.4, -0.2) is 73.9 Å². The first-order chi connectivity index (χ1) is 19.9. The van der Waals surface area contributed by atoms with Crippen LogP contribution >= 0.6 is 0 Å². The van der Waals surface area contributed by atoms with Crippen molar-refractivity contribution in [1.29, 1.82) is 0 Å². The zero-order valence-electron chi connectivity index (χ0n) is 23.1. The minimum atomic E-state index is -0.499. The summed E-state index contributed by atoms with van der Waals surface area (Å²) in [5.41, 5.74) is 7.40. The Labute approximate surface area is 239 Å². The number of ether oxygens (including phenoxy) is 2. The molecular formula is C32H34N4O5. The van der Waals surface area contributed by atoms with Crippen molar-refractivity contribution in [3.63, 3.8) is 0 Å². The molecule has 0 bridgehead atoms. The highest BCUT2D eigenvalue weighted by molar-refractivity contribution is 6.29. The van der Waals surface area contributed by atoms with Crippen molar-refractivity contribution in [3.05, 3.63) is 89.5 Å². The summed E-state index contributed by atoms with van der Waals surface area (Å²) >= 11 is 0. The molecule has 2 saturated heterocycles. The zero-order chi connectivity index (χ0) is 28.8. The standard InChI is InChI=1S/C32H34N4O5/c1-34-16-18-35(19-17-34)15-2-20-40-27-13-7-26(8-14-27)36-30(37)22-25(32(36)39)21-23-3-9-28(10-4-23)41-29-11-5-24(6-12-29)31(33)38/h3-14,21H,2,15-20,22H2,1H3,(H2,33,38). The van der Waals surface area contributed by atoms with E-state index in [9.17, 15) is 14.4 Å². The van der Waals surface area contributed by atoms with Gasteiger partial charge in [-0.2, -0.15) is 0 Å². The molecule has 3 aromatic carbocycles. The van der Waals surface area contributed by atoms with Crippen LogP contribution in [0.25, 0.3) is 6.08 Å². The van der Waals surface area contributed by atoms with Gasteiger partial charge in [0, 0.05) is 43.9 Å². The molecule has 41 heavy (non-hydrogen) atoms. The molecule has 212 valence electrons. The first kappa shape index (κ1) is 28.1. The Morgan fingerprint density at radius 1 is 0.854 bits per heavy atom. The lowest BCUT2D eigenvalue weighted by Gasteiger charge is -2.32. The number of hydrogen-bond acceptors (Lipinski definition) is 7. The molecule has 2 fully saturated rings. The van der Waals surface area contributed by atoms with Crippen LogP contribution in [0.1, 0.15) is 28.8 Å². The van der Waals surface area contributed by atoms with Gasteiger partial charge in [-0.1, -0.05) is 12.1 Å². The summed E-state index contributed by atoms with van der Waals surface area (Å²) in [5, 5.41) is 0. The van der Waals surface area contributed by atoms with Crippen LogP contribution in [0, 0.1) is 0 Å². The number of nitrogens with two attached hydrogens (primary N) is 1. The van der Waals surface area contributed by atoms with E-state index in [0.29, 0.717) is 40.7 Å². The largest absolute Gasteiger partial charge is 0.494 e. The van der Waals surface area contributed by atoms with Crippen molar-refractivity contribution in [2.24, 2.45) is 5.73 Å². The molecule has 0 atom stereocenters. The number of nitrogens with zero attached hydrogens (tertiary/aromatic N) is 3. The molecule has 0 spiro atoms. The Morgan fingerprint density at radius 2 is 1.46 bits per heavy atom. The summed E-state index contributed by atoms with van der Waals surface area (Å²) in [6.45, 7) is 6.02. The van der Waals surface area contributed by atoms with Gasteiger partial charge in [0.1, 0.15) is 17.2 Å². The third-order valence-electron chi connectivity index (χ3n) is 7.24. The molecule has 9 heteroatoms. The van der Waals surface area contributed by atoms with Crippen LogP contribution in [0.15, 0.2) is 78.4 Å². The van der Waals surface area contributed by atoms with Gasteiger partial charge in [-0.25, -0.2) is 4.90 Å². The second kappa shape index (κ2) is 12.8. The Morgan fingerprint density at radius 3 is 2.10 bits per heavy atom. The van der Waals surface area contributed by atoms with E-state index >= 15 is 0 Å². The molecule has 0 radical (unpaired) electrons. The summed E-state index contributed by atoms with van der Waals surface area (Å²) in [7, 11) is 2.15. The van der Waals surface area contributed by atoms with Crippen molar-refractivity contribution in [2.75, 3.05) is 51.3 Å². The molecule has 3 aromatic rings. The smallest absolute Gasteiger partial charge is 0.261 e. The monoisotopic (exact) mass is 554 g/mol. The SMILES string of the molecule is CN1CCN(CCCOc2ccc(N3C(=O)CC(=Cc4ccc(Oc5ccc(C(N)=O)cc5)cc4)C3=O)cc2)CC1. The highest BCUT2D eigenvalue weighted by Gasteiger charge is 2.34.